The summed E-state index contributed by atoms with van der Waals surface area (Å²) in [4.78, 5) is 11.5. The number of hydrazine groups is 1. The molecule has 0 aliphatic carbocycles. The summed E-state index contributed by atoms with van der Waals surface area (Å²) in [7, 11) is 0. The van der Waals surface area contributed by atoms with Crippen molar-refractivity contribution in [1.29, 1.82) is 0 Å². The Hall–Kier alpha value is -2.57. The summed E-state index contributed by atoms with van der Waals surface area (Å²) >= 11 is 0. The van der Waals surface area contributed by atoms with Gasteiger partial charge < -0.3 is 15.2 Å². The van der Waals surface area contributed by atoms with Crippen LogP contribution in [0.2, 0.25) is 0 Å². The molecule has 24 heavy (non-hydrogen) atoms. The lowest BCUT2D eigenvalue weighted by atomic mass is 10.1. The maximum Gasteiger partial charge on any atom is 0.333 e. The monoisotopic (exact) mass is 329 g/mol. The van der Waals surface area contributed by atoms with E-state index < -0.39 is 12.1 Å². The molecule has 2 amide bonds. The molecule has 0 bridgehead atoms. The Kier molecular flexibility index (Phi) is 5.78. The minimum atomic E-state index is -0.514. The summed E-state index contributed by atoms with van der Waals surface area (Å²) < 4.78 is 5.91. The SMILES string of the molecule is Cc1cc(C(C)O)ccc1OCc1c(C)cccc1NC(=O)NN. The first kappa shape index (κ1) is 17.8. The van der Waals surface area contributed by atoms with Crippen molar-refractivity contribution < 1.29 is 14.6 Å². The number of ether oxygens (including phenoxy) is 1. The van der Waals surface area contributed by atoms with E-state index in [0.29, 0.717) is 12.3 Å². The molecule has 2 rings (SSSR count). The molecule has 0 aliphatic rings. The molecule has 5 N–H and O–H groups in total. The molecule has 0 radical (unpaired) electrons. The van der Waals surface area contributed by atoms with E-state index in [1.165, 1.54) is 0 Å². The zero-order valence-corrected chi connectivity index (χ0v) is 14.1. The zero-order valence-electron chi connectivity index (χ0n) is 14.1. The third-order valence-electron chi connectivity index (χ3n) is 3.84. The number of carbonyl (C=O) groups excluding carboxylic acids is 1. The van der Waals surface area contributed by atoms with Crippen molar-refractivity contribution in [1.82, 2.24) is 5.43 Å². The molecule has 0 aromatic heterocycles. The molecule has 6 heteroatoms. The van der Waals surface area contributed by atoms with E-state index in [1.54, 1.807) is 13.0 Å². The van der Waals surface area contributed by atoms with Crippen molar-refractivity contribution >= 4 is 11.7 Å². The number of carbonyl (C=O) groups is 1. The molecule has 0 saturated heterocycles. The fraction of sp³-hybridized carbons (Fsp3) is 0.278. The van der Waals surface area contributed by atoms with E-state index in [-0.39, 0.29) is 0 Å². The molecule has 128 valence electrons. The van der Waals surface area contributed by atoms with Gasteiger partial charge in [0.15, 0.2) is 0 Å². The molecular formula is C18H23N3O3. The van der Waals surface area contributed by atoms with Gasteiger partial charge in [0.25, 0.3) is 0 Å². The topological polar surface area (TPSA) is 96.6 Å². The number of aryl methyl sites for hydroxylation is 2. The van der Waals surface area contributed by atoms with Crippen molar-refractivity contribution in [3.05, 3.63) is 58.7 Å². The van der Waals surface area contributed by atoms with E-state index in [9.17, 15) is 9.90 Å². The van der Waals surface area contributed by atoms with E-state index in [0.717, 1.165) is 28.0 Å². The minimum Gasteiger partial charge on any atom is -0.489 e. The van der Waals surface area contributed by atoms with Crippen LogP contribution in [0.1, 0.15) is 35.3 Å². The van der Waals surface area contributed by atoms with Gasteiger partial charge in [0.2, 0.25) is 0 Å². The average molecular weight is 329 g/mol. The molecule has 1 atom stereocenters. The molecule has 0 fully saturated rings. The molecule has 1 unspecified atom stereocenters. The predicted octanol–water partition coefficient (Wildman–Crippen LogP) is 2.93. The Balaban J connectivity index is 2.18. The second kappa shape index (κ2) is 7.81. The lowest BCUT2D eigenvalue weighted by molar-refractivity contribution is 0.199. The number of hydrogen-bond donors (Lipinski definition) is 4. The fourth-order valence-corrected chi connectivity index (χ4v) is 2.41. The van der Waals surface area contributed by atoms with Crippen LogP contribution < -0.4 is 21.3 Å². The van der Waals surface area contributed by atoms with E-state index in [4.69, 9.17) is 10.6 Å². The highest BCUT2D eigenvalue weighted by molar-refractivity contribution is 5.89. The van der Waals surface area contributed by atoms with Gasteiger partial charge in [-0.25, -0.2) is 10.6 Å². The van der Waals surface area contributed by atoms with Crippen molar-refractivity contribution in [2.75, 3.05) is 5.32 Å². The van der Waals surface area contributed by atoms with Gasteiger partial charge in [-0.2, -0.15) is 0 Å². The van der Waals surface area contributed by atoms with Crippen LogP contribution in [-0.2, 0) is 6.61 Å². The van der Waals surface area contributed by atoms with Crippen molar-refractivity contribution in [2.45, 2.75) is 33.5 Å². The number of nitrogens with two attached hydrogens (primary N) is 1. The van der Waals surface area contributed by atoms with Crippen LogP contribution in [0.3, 0.4) is 0 Å². The lowest BCUT2D eigenvalue weighted by Crippen LogP contribution is -2.34. The van der Waals surface area contributed by atoms with Gasteiger partial charge in [0.1, 0.15) is 12.4 Å². The second-order valence-electron chi connectivity index (χ2n) is 5.69. The first-order valence-electron chi connectivity index (χ1n) is 7.70. The maximum absolute atomic E-state index is 11.5. The van der Waals surface area contributed by atoms with Crippen LogP contribution in [0, 0.1) is 13.8 Å². The van der Waals surface area contributed by atoms with Gasteiger partial charge >= 0.3 is 6.03 Å². The molecule has 6 nitrogen and oxygen atoms in total. The summed E-state index contributed by atoms with van der Waals surface area (Å²) in [6.07, 6.45) is -0.514. The Labute approximate surface area is 141 Å². The summed E-state index contributed by atoms with van der Waals surface area (Å²) in [5.74, 6) is 5.85. The third kappa shape index (κ3) is 4.24. The highest BCUT2D eigenvalue weighted by Crippen LogP contribution is 2.26. The number of urea groups is 1. The summed E-state index contributed by atoms with van der Waals surface area (Å²) in [5, 5.41) is 12.3. The van der Waals surface area contributed by atoms with E-state index >= 15 is 0 Å². The number of benzene rings is 2. The Morgan fingerprint density at radius 2 is 2.00 bits per heavy atom. The molecule has 2 aromatic rings. The number of anilines is 1. The lowest BCUT2D eigenvalue weighted by Gasteiger charge is -2.16. The van der Waals surface area contributed by atoms with Gasteiger partial charge in [-0.3, -0.25) is 5.43 Å². The van der Waals surface area contributed by atoms with Gasteiger partial charge in [0.05, 0.1) is 6.10 Å². The van der Waals surface area contributed by atoms with E-state index in [1.807, 2.05) is 49.6 Å². The number of hydrogen-bond acceptors (Lipinski definition) is 4. The summed E-state index contributed by atoms with van der Waals surface area (Å²) in [5.41, 5.74) is 6.36. The van der Waals surface area contributed by atoms with Crippen LogP contribution in [0.25, 0.3) is 0 Å². The first-order chi connectivity index (χ1) is 11.4. The van der Waals surface area contributed by atoms with Crippen LogP contribution >= 0.6 is 0 Å². The Morgan fingerprint density at radius 3 is 2.62 bits per heavy atom. The number of aliphatic hydroxyl groups is 1. The molecule has 2 aromatic carbocycles. The molecule has 0 saturated carbocycles. The highest BCUT2D eigenvalue weighted by atomic mass is 16.5. The predicted molar refractivity (Wildman–Crippen MR) is 93.7 cm³/mol. The largest absolute Gasteiger partial charge is 0.489 e. The van der Waals surface area contributed by atoms with Crippen LogP contribution in [0.4, 0.5) is 10.5 Å². The standard InChI is InChI=1S/C18H23N3O3/c1-11-5-4-6-16(20-18(23)21-19)15(11)10-24-17-8-7-14(13(3)22)9-12(17)2/h4-9,13,22H,10,19H2,1-3H3,(H2,20,21,23). The number of aliphatic hydroxyl groups excluding tert-OH is 1. The first-order valence-corrected chi connectivity index (χ1v) is 7.70. The van der Waals surface area contributed by atoms with Crippen molar-refractivity contribution in [2.24, 2.45) is 5.84 Å². The maximum atomic E-state index is 11.5. The summed E-state index contributed by atoms with van der Waals surface area (Å²) in [6.45, 7) is 5.92. The van der Waals surface area contributed by atoms with Gasteiger partial charge in [-0.05, 0) is 55.7 Å². The van der Waals surface area contributed by atoms with Gasteiger partial charge in [0, 0.05) is 11.3 Å². The average Bonchev–Trinajstić information content (AvgIpc) is 2.55. The van der Waals surface area contributed by atoms with Gasteiger partial charge in [-0.15, -0.1) is 0 Å². The smallest absolute Gasteiger partial charge is 0.333 e. The number of amides is 2. The van der Waals surface area contributed by atoms with Crippen LogP contribution in [0.15, 0.2) is 36.4 Å². The quantitative estimate of drug-likeness (QED) is 0.385. The fourth-order valence-electron chi connectivity index (χ4n) is 2.41. The van der Waals surface area contributed by atoms with Crippen LogP contribution in [-0.4, -0.2) is 11.1 Å². The van der Waals surface area contributed by atoms with Crippen LogP contribution in [0.5, 0.6) is 5.75 Å². The molecule has 0 aliphatic heterocycles. The van der Waals surface area contributed by atoms with Gasteiger partial charge in [-0.1, -0.05) is 18.2 Å². The third-order valence-corrected chi connectivity index (χ3v) is 3.84. The summed E-state index contributed by atoms with van der Waals surface area (Å²) in [6, 6.07) is 10.7. The Bertz CT molecular complexity index is 729. The highest BCUT2D eigenvalue weighted by Gasteiger charge is 2.11. The molecule has 0 heterocycles. The zero-order chi connectivity index (χ0) is 17.7. The Morgan fingerprint density at radius 1 is 1.25 bits per heavy atom. The molecule has 0 spiro atoms. The number of rotatable bonds is 5. The second-order valence-corrected chi connectivity index (χ2v) is 5.69. The minimum absolute atomic E-state index is 0.307. The normalized spacial score (nSPS) is 11.7. The van der Waals surface area contributed by atoms with Crippen molar-refractivity contribution in [3.63, 3.8) is 0 Å². The van der Waals surface area contributed by atoms with E-state index in [2.05, 4.69) is 5.32 Å². The number of nitrogens with one attached hydrogen (secondary N) is 2. The molecular weight excluding hydrogens is 306 g/mol. The van der Waals surface area contributed by atoms with Crippen molar-refractivity contribution in [3.8, 4) is 5.75 Å².